The molecule has 0 aliphatic heterocycles. The summed E-state index contributed by atoms with van der Waals surface area (Å²) in [5, 5.41) is 14.0. The van der Waals surface area contributed by atoms with Gasteiger partial charge in [0.25, 0.3) is 5.69 Å². The fourth-order valence-electron chi connectivity index (χ4n) is 1.71. The lowest BCUT2D eigenvalue weighted by Gasteiger charge is -2.09. The quantitative estimate of drug-likeness (QED) is 0.442. The third-order valence-corrected chi connectivity index (χ3v) is 3.23. The van der Waals surface area contributed by atoms with Crippen molar-refractivity contribution >= 4 is 33.0 Å². The van der Waals surface area contributed by atoms with Gasteiger partial charge in [-0.2, -0.15) is 0 Å². The van der Waals surface area contributed by atoms with E-state index in [0.29, 0.717) is 17.9 Å². The van der Waals surface area contributed by atoms with Crippen LogP contribution in [0.5, 0.6) is 0 Å². The van der Waals surface area contributed by atoms with Crippen molar-refractivity contribution in [3.8, 4) is 0 Å². The normalized spacial score (nSPS) is 10.1. The van der Waals surface area contributed by atoms with Crippen LogP contribution in [0.15, 0.2) is 46.9 Å². The van der Waals surface area contributed by atoms with E-state index in [1.807, 2.05) is 24.3 Å². The molecule has 0 spiro atoms. The number of anilines is 2. The number of hydrogen-bond donors (Lipinski definition) is 3. The molecule has 2 aromatic carbocycles. The fourth-order valence-corrected chi connectivity index (χ4v) is 1.97. The fraction of sp³-hybridized carbons (Fsp3) is 0.0769. The van der Waals surface area contributed by atoms with E-state index in [0.717, 1.165) is 10.0 Å². The zero-order valence-electron chi connectivity index (χ0n) is 10.5. The van der Waals surface area contributed by atoms with Gasteiger partial charge in [-0.1, -0.05) is 28.1 Å². The van der Waals surface area contributed by atoms with Crippen LogP contribution in [0, 0.1) is 10.1 Å². The SMILES string of the molecule is NNc1cc(NCc2ccc(Br)cc2)cc([N+](=O)[O-])c1. The van der Waals surface area contributed by atoms with Crippen LogP contribution in [0.3, 0.4) is 0 Å². The molecular weight excluding hydrogens is 324 g/mol. The lowest BCUT2D eigenvalue weighted by molar-refractivity contribution is -0.384. The lowest BCUT2D eigenvalue weighted by Crippen LogP contribution is -2.08. The molecule has 0 radical (unpaired) electrons. The Kier molecular flexibility index (Phi) is 4.54. The summed E-state index contributed by atoms with van der Waals surface area (Å²) in [5.74, 6) is 5.31. The summed E-state index contributed by atoms with van der Waals surface area (Å²) in [7, 11) is 0. The minimum atomic E-state index is -0.453. The first kappa shape index (κ1) is 14.3. The Morgan fingerprint density at radius 3 is 2.40 bits per heavy atom. The molecule has 0 fully saturated rings. The second-order valence-corrected chi connectivity index (χ2v) is 5.07. The number of hydrogen-bond acceptors (Lipinski definition) is 5. The van der Waals surface area contributed by atoms with Crippen LogP contribution < -0.4 is 16.6 Å². The Bertz CT molecular complexity index is 616. The van der Waals surface area contributed by atoms with Gasteiger partial charge in [0, 0.05) is 28.8 Å². The van der Waals surface area contributed by atoms with Gasteiger partial charge in [0.05, 0.1) is 10.6 Å². The third kappa shape index (κ3) is 3.69. The van der Waals surface area contributed by atoms with Gasteiger partial charge in [0.2, 0.25) is 0 Å². The standard InChI is InChI=1S/C13H13BrN4O2/c14-10-3-1-9(2-4-10)8-16-11-5-12(17-15)7-13(6-11)18(19)20/h1-7,16-17H,8,15H2. The van der Waals surface area contributed by atoms with E-state index in [4.69, 9.17) is 5.84 Å². The molecule has 0 bridgehead atoms. The highest BCUT2D eigenvalue weighted by Crippen LogP contribution is 2.24. The van der Waals surface area contributed by atoms with Crippen molar-refractivity contribution in [2.75, 3.05) is 10.7 Å². The Hall–Kier alpha value is -2.12. The number of halogens is 1. The molecule has 6 nitrogen and oxygen atoms in total. The number of hydrazine groups is 1. The summed E-state index contributed by atoms with van der Waals surface area (Å²) in [6, 6.07) is 12.4. The first-order chi connectivity index (χ1) is 9.58. The Labute approximate surface area is 124 Å². The highest BCUT2D eigenvalue weighted by atomic mass is 79.9. The van der Waals surface area contributed by atoms with Crippen LogP contribution in [0.1, 0.15) is 5.56 Å². The Balaban J connectivity index is 2.14. The number of nitro groups is 1. The molecule has 0 aromatic heterocycles. The van der Waals surface area contributed by atoms with Crippen molar-refractivity contribution in [1.29, 1.82) is 0 Å². The number of rotatable bonds is 5. The van der Waals surface area contributed by atoms with Crippen molar-refractivity contribution in [3.05, 3.63) is 62.6 Å². The van der Waals surface area contributed by atoms with Gasteiger partial charge in [-0.25, -0.2) is 0 Å². The largest absolute Gasteiger partial charge is 0.381 e. The highest BCUT2D eigenvalue weighted by Gasteiger charge is 2.09. The van der Waals surface area contributed by atoms with Crippen molar-refractivity contribution in [2.24, 2.45) is 5.84 Å². The smallest absolute Gasteiger partial charge is 0.273 e. The first-order valence-corrected chi connectivity index (χ1v) is 6.62. The van der Waals surface area contributed by atoms with E-state index in [9.17, 15) is 10.1 Å². The number of nitro benzene ring substituents is 1. The Morgan fingerprint density at radius 1 is 1.15 bits per heavy atom. The number of benzene rings is 2. The number of nitrogens with two attached hydrogens (primary N) is 1. The molecule has 104 valence electrons. The van der Waals surface area contributed by atoms with Gasteiger partial charge in [0.1, 0.15) is 0 Å². The first-order valence-electron chi connectivity index (χ1n) is 5.83. The molecule has 0 heterocycles. The van der Waals surface area contributed by atoms with Crippen molar-refractivity contribution in [3.63, 3.8) is 0 Å². The zero-order chi connectivity index (χ0) is 14.5. The molecule has 20 heavy (non-hydrogen) atoms. The maximum absolute atomic E-state index is 10.8. The average molecular weight is 337 g/mol. The molecule has 0 saturated carbocycles. The molecule has 0 atom stereocenters. The van der Waals surface area contributed by atoms with Crippen LogP contribution in [-0.2, 0) is 6.54 Å². The van der Waals surface area contributed by atoms with Gasteiger partial charge in [0.15, 0.2) is 0 Å². The van der Waals surface area contributed by atoms with E-state index >= 15 is 0 Å². The molecule has 0 unspecified atom stereocenters. The molecular formula is C13H13BrN4O2. The number of non-ortho nitro benzene ring substituents is 1. The lowest BCUT2D eigenvalue weighted by atomic mass is 10.2. The van der Waals surface area contributed by atoms with Crippen LogP contribution in [0.4, 0.5) is 17.1 Å². The summed E-state index contributed by atoms with van der Waals surface area (Å²) >= 11 is 3.37. The van der Waals surface area contributed by atoms with E-state index in [1.54, 1.807) is 6.07 Å². The third-order valence-electron chi connectivity index (χ3n) is 2.71. The van der Waals surface area contributed by atoms with Crippen molar-refractivity contribution < 1.29 is 4.92 Å². The topological polar surface area (TPSA) is 93.2 Å². The summed E-state index contributed by atoms with van der Waals surface area (Å²) in [6.45, 7) is 0.568. The van der Waals surface area contributed by atoms with E-state index < -0.39 is 4.92 Å². The average Bonchev–Trinajstić information content (AvgIpc) is 2.46. The molecule has 7 heteroatoms. The van der Waals surface area contributed by atoms with Gasteiger partial charge in [-0.05, 0) is 23.8 Å². The maximum atomic E-state index is 10.8. The maximum Gasteiger partial charge on any atom is 0.273 e. The van der Waals surface area contributed by atoms with Crippen LogP contribution in [0.25, 0.3) is 0 Å². The molecule has 4 N–H and O–H groups in total. The highest BCUT2D eigenvalue weighted by molar-refractivity contribution is 9.10. The van der Waals surface area contributed by atoms with Gasteiger partial charge >= 0.3 is 0 Å². The van der Waals surface area contributed by atoms with Crippen molar-refractivity contribution in [2.45, 2.75) is 6.54 Å². The number of nitrogens with one attached hydrogen (secondary N) is 2. The summed E-state index contributed by atoms with van der Waals surface area (Å²) < 4.78 is 1.01. The monoisotopic (exact) mass is 336 g/mol. The van der Waals surface area contributed by atoms with Gasteiger partial charge < -0.3 is 10.7 Å². The van der Waals surface area contributed by atoms with Crippen LogP contribution >= 0.6 is 15.9 Å². The molecule has 0 amide bonds. The molecule has 2 aromatic rings. The zero-order valence-corrected chi connectivity index (χ0v) is 12.1. The van der Waals surface area contributed by atoms with E-state index in [2.05, 4.69) is 26.7 Å². The minimum absolute atomic E-state index is 0.0150. The number of nitrogen functional groups attached to an aromatic ring is 1. The second-order valence-electron chi connectivity index (χ2n) is 4.15. The molecule has 0 aliphatic rings. The second kappa shape index (κ2) is 6.36. The van der Waals surface area contributed by atoms with Crippen molar-refractivity contribution in [1.82, 2.24) is 0 Å². The minimum Gasteiger partial charge on any atom is -0.381 e. The van der Waals surface area contributed by atoms with Gasteiger partial charge in [-0.15, -0.1) is 0 Å². The van der Waals surface area contributed by atoms with Crippen LogP contribution in [-0.4, -0.2) is 4.92 Å². The van der Waals surface area contributed by atoms with Gasteiger partial charge in [-0.3, -0.25) is 16.0 Å². The van der Waals surface area contributed by atoms with E-state index in [1.165, 1.54) is 12.1 Å². The Morgan fingerprint density at radius 2 is 1.80 bits per heavy atom. The predicted octanol–water partition coefficient (Wildman–Crippen LogP) is 3.26. The summed E-state index contributed by atoms with van der Waals surface area (Å²) in [4.78, 5) is 10.4. The molecule has 2 rings (SSSR count). The van der Waals surface area contributed by atoms with E-state index in [-0.39, 0.29) is 5.69 Å². The molecule has 0 saturated heterocycles. The van der Waals surface area contributed by atoms with Crippen LogP contribution in [0.2, 0.25) is 0 Å². The summed E-state index contributed by atoms with van der Waals surface area (Å²) in [5.41, 5.74) is 4.59. The molecule has 0 aliphatic carbocycles. The predicted molar refractivity (Wildman–Crippen MR) is 82.4 cm³/mol. The summed E-state index contributed by atoms with van der Waals surface area (Å²) in [6.07, 6.45) is 0. The number of nitrogens with zero attached hydrogens (tertiary/aromatic N) is 1.